The van der Waals surface area contributed by atoms with Gasteiger partial charge in [-0.2, -0.15) is 74.6 Å². The minimum atomic E-state index is -8.34. The lowest BCUT2D eigenvalue weighted by Gasteiger charge is -2.42. The molecule has 0 rings (SSSR count). The van der Waals surface area contributed by atoms with E-state index >= 15 is 0 Å². The number of nitrogens with two attached hydrogens (primary N) is 1. The molecule has 0 atom stereocenters. The van der Waals surface area contributed by atoms with Crippen LogP contribution in [0.1, 0.15) is 12.8 Å². The second kappa shape index (κ2) is 6.65. The third kappa shape index (κ3) is 3.92. The first-order valence-electron chi connectivity index (χ1n) is 6.21. The topological polar surface area (TPSA) is 26.0 Å². The Morgan fingerprint density at radius 3 is 0.964 bits per heavy atom. The van der Waals surface area contributed by atoms with E-state index in [0.717, 1.165) is 0 Å². The van der Waals surface area contributed by atoms with E-state index in [1.54, 1.807) is 0 Å². The molecule has 0 saturated carbocycles. The van der Waals surface area contributed by atoms with Crippen LogP contribution in [0.25, 0.3) is 0 Å². The van der Waals surface area contributed by atoms with Crippen molar-refractivity contribution in [3.05, 3.63) is 0 Å². The van der Waals surface area contributed by atoms with Crippen molar-refractivity contribution in [2.24, 2.45) is 5.73 Å². The van der Waals surface area contributed by atoms with Crippen LogP contribution >= 0.6 is 0 Å². The minimum absolute atomic E-state index is 3.01. The van der Waals surface area contributed by atoms with Crippen LogP contribution in [-0.4, -0.2) is 47.8 Å². The molecule has 0 aromatic heterocycles. The molecule has 0 aliphatic carbocycles. The van der Waals surface area contributed by atoms with Gasteiger partial charge in [0.05, 0.1) is 0 Å². The number of halogens is 17. The lowest BCUT2D eigenvalue weighted by atomic mass is 9.89. The molecular formula is C10H6F17N. The Balaban J connectivity index is 6.32. The van der Waals surface area contributed by atoms with Crippen LogP contribution in [0.3, 0.4) is 0 Å². The van der Waals surface area contributed by atoms with E-state index in [-0.39, 0.29) is 0 Å². The monoisotopic (exact) mass is 463 g/mol. The molecule has 170 valence electrons. The maximum absolute atomic E-state index is 13.1. The van der Waals surface area contributed by atoms with Crippen LogP contribution in [-0.2, 0) is 0 Å². The van der Waals surface area contributed by atoms with Crippen LogP contribution in [0, 0.1) is 0 Å². The number of hydrogen-bond donors (Lipinski definition) is 1. The summed E-state index contributed by atoms with van der Waals surface area (Å²) in [6.45, 7) is 0. The first-order chi connectivity index (χ1) is 11.7. The molecule has 18 heteroatoms. The summed E-state index contributed by atoms with van der Waals surface area (Å²) in [6.07, 6.45) is -12.1. The van der Waals surface area contributed by atoms with Gasteiger partial charge >= 0.3 is 47.8 Å². The van der Waals surface area contributed by atoms with Crippen molar-refractivity contribution in [3.8, 4) is 0 Å². The summed E-state index contributed by atoms with van der Waals surface area (Å²) < 4.78 is 216. The Kier molecular flexibility index (Phi) is 6.36. The quantitative estimate of drug-likeness (QED) is 0.363. The zero-order chi connectivity index (χ0) is 23.4. The van der Waals surface area contributed by atoms with E-state index in [1.165, 1.54) is 0 Å². The maximum Gasteiger partial charge on any atom is 0.392 e. The van der Waals surface area contributed by atoms with E-state index in [2.05, 4.69) is 5.73 Å². The zero-order valence-corrected chi connectivity index (χ0v) is 12.4. The predicted molar refractivity (Wildman–Crippen MR) is 54.1 cm³/mol. The second-order valence-electron chi connectivity index (χ2n) is 5.31. The molecule has 0 spiro atoms. The molecular weight excluding hydrogens is 457 g/mol. The summed E-state index contributed by atoms with van der Waals surface area (Å²) in [7, 11) is 0. The highest BCUT2D eigenvalue weighted by Crippen LogP contribution is 2.62. The molecule has 0 fully saturated rings. The summed E-state index contributed by atoms with van der Waals surface area (Å²) in [6, 6.07) is -6.73. The third-order valence-corrected chi connectivity index (χ3v) is 3.18. The Labute approximate surface area is 142 Å². The van der Waals surface area contributed by atoms with Crippen molar-refractivity contribution in [2.75, 3.05) is 0 Å². The van der Waals surface area contributed by atoms with Gasteiger partial charge in [0.25, 0.3) is 0 Å². The van der Waals surface area contributed by atoms with Gasteiger partial charge in [-0.05, 0) is 0 Å². The highest BCUT2D eigenvalue weighted by atomic mass is 19.4. The van der Waals surface area contributed by atoms with Gasteiger partial charge in [-0.25, -0.2) is 0 Å². The van der Waals surface area contributed by atoms with Crippen LogP contribution in [0.5, 0.6) is 0 Å². The van der Waals surface area contributed by atoms with Crippen molar-refractivity contribution in [1.29, 1.82) is 0 Å². The van der Waals surface area contributed by atoms with Gasteiger partial charge in [0.15, 0.2) is 0 Å². The van der Waals surface area contributed by atoms with E-state index in [0.29, 0.717) is 0 Å². The third-order valence-electron chi connectivity index (χ3n) is 3.18. The Hall–Kier alpha value is -1.23. The standard InChI is InChI=1S/C10H6F17N/c11-3(12,1-2-4(13,14)15)5(16,17)6(18,19)7(20,21)8(22,23)9(24,25)10(26,27)28/h1-2,28H2. The molecule has 1 nitrogen and oxygen atoms in total. The van der Waals surface area contributed by atoms with Crippen molar-refractivity contribution >= 4 is 0 Å². The summed E-state index contributed by atoms with van der Waals surface area (Å²) in [4.78, 5) is 0. The van der Waals surface area contributed by atoms with Crippen LogP contribution in [0.4, 0.5) is 74.6 Å². The van der Waals surface area contributed by atoms with E-state index in [1.807, 2.05) is 0 Å². The smallest absolute Gasteiger partial charge is 0.267 e. The van der Waals surface area contributed by atoms with Crippen molar-refractivity contribution < 1.29 is 74.6 Å². The molecule has 0 bridgehead atoms. The lowest BCUT2D eigenvalue weighted by molar-refractivity contribution is -0.441. The lowest BCUT2D eigenvalue weighted by Crippen LogP contribution is -2.74. The van der Waals surface area contributed by atoms with Gasteiger partial charge in [-0.3, -0.25) is 5.73 Å². The first-order valence-corrected chi connectivity index (χ1v) is 6.21. The van der Waals surface area contributed by atoms with E-state index < -0.39 is 60.6 Å². The maximum atomic E-state index is 13.1. The van der Waals surface area contributed by atoms with Gasteiger partial charge in [-0.15, -0.1) is 0 Å². The molecule has 0 heterocycles. The van der Waals surface area contributed by atoms with Gasteiger partial charge in [-0.1, -0.05) is 0 Å². The van der Waals surface area contributed by atoms with Crippen LogP contribution < -0.4 is 5.73 Å². The summed E-state index contributed by atoms with van der Waals surface area (Å²) in [5, 5.41) is 0. The summed E-state index contributed by atoms with van der Waals surface area (Å²) in [5.74, 6) is -47.1. The van der Waals surface area contributed by atoms with Crippen molar-refractivity contribution in [2.45, 2.75) is 60.6 Å². The van der Waals surface area contributed by atoms with E-state index in [4.69, 9.17) is 0 Å². The first kappa shape index (κ1) is 26.8. The fourth-order valence-electron chi connectivity index (χ4n) is 1.49. The van der Waals surface area contributed by atoms with Crippen LogP contribution in [0.15, 0.2) is 0 Å². The highest BCUT2D eigenvalue weighted by molar-refractivity contribution is 5.13. The molecule has 0 aliphatic rings. The summed E-state index contributed by atoms with van der Waals surface area (Å²) in [5.41, 5.74) is 3.13. The van der Waals surface area contributed by atoms with Crippen molar-refractivity contribution in [1.82, 2.24) is 0 Å². The molecule has 0 aromatic carbocycles. The summed E-state index contributed by atoms with van der Waals surface area (Å²) >= 11 is 0. The SMILES string of the molecule is NC(F)(F)C(F)(F)C(F)(F)C(F)(F)C(F)(F)C(F)(F)C(F)(F)CCC(F)(F)F. The predicted octanol–water partition coefficient (Wildman–Crippen LogP) is 5.69. The normalized spacial score (nSPS) is 16.5. The Morgan fingerprint density at radius 1 is 0.393 bits per heavy atom. The van der Waals surface area contributed by atoms with Gasteiger partial charge in [0, 0.05) is 12.8 Å². The Morgan fingerprint density at radius 2 is 0.679 bits per heavy atom. The average Bonchev–Trinajstić information content (AvgIpc) is 2.42. The molecule has 28 heavy (non-hydrogen) atoms. The Bertz CT molecular complexity index is 553. The molecule has 0 aromatic rings. The zero-order valence-electron chi connectivity index (χ0n) is 12.4. The van der Waals surface area contributed by atoms with Gasteiger partial charge in [0.2, 0.25) is 0 Å². The number of hydrogen-bond acceptors (Lipinski definition) is 1. The molecule has 0 unspecified atom stereocenters. The molecule has 0 radical (unpaired) electrons. The van der Waals surface area contributed by atoms with Gasteiger partial charge in [0.1, 0.15) is 0 Å². The minimum Gasteiger partial charge on any atom is -0.267 e. The largest absolute Gasteiger partial charge is 0.392 e. The fraction of sp³-hybridized carbons (Fsp3) is 1.00. The molecule has 0 aliphatic heterocycles. The highest BCUT2D eigenvalue weighted by Gasteiger charge is 2.92. The second-order valence-corrected chi connectivity index (χ2v) is 5.31. The van der Waals surface area contributed by atoms with Crippen molar-refractivity contribution in [3.63, 3.8) is 0 Å². The number of rotatable bonds is 8. The molecule has 2 N–H and O–H groups in total. The number of alkyl halides is 17. The fourth-order valence-corrected chi connectivity index (χ4v) is 1.49. The van der Waals surface area contributed by atoms with E-state index in [9.17, 15) is 74.6 Å². The average molecular weight is 463 g/mol. The molecule has 0 saturated heterocycles. The van der Waals surface area contributed by atoms with Crippen LogP contribution in [0.2, 0.25) is 0 Å². The molecule has 0 amide bonds. The van der Waals surface area contributed by atoms with Gasteiger partial charge < -0.3 is 0 Å².